The number of hydrogen-bond acceptors (Lipinski definition) is 5. The molecule has 0 fully saturated rings. The number of allylic oxidation sites excluding steroid dienone is 1. The number of ether oxygens (including phenoxy) is 1. The van der Waals surface area contributed by atoms with Crippen LogP contribution in [0.4, 0.5) is 10.1 Å². The van der Waals surface area contributed by atoms with E-state index in [9.17, 15) is 4.39 Å². The third-order valence-corrected chi connectivity index (χ3v) is 6.25. The molecule has 5 rings (SSSR count). The number of anilines is 1. The standard InChI is InChI=1S/C27H23FN4O2S/c1-16-10-12-18(13-11-16)24-23(26-30-25(31-34-26)19-6-4-7-20(28)14-19)17(2)32(27(35)29-24)21-8-5-9-22(15-21)33-3/h4-15,24H,1-3H3,(H,29,35). The van der Waals surface area contributed by atoms with Crippen molar-refractivity contribution < 1.29 is 13.7 Å². The van der Waals surface area contributed by atoms with Crippen LogP contribution in [0.3, 0.4) is 0 Å². The fourth-order valence-electron chi connectivity index (χ4n) is 4.17. The van der Waals surface area contributed by atoms with E-state index < -0.39 is 0 Å². The molecule has 0 spiro atoms. The highest BCUT2D eigenvalue weighted by atomic mass is 32.1. The summed E-state index contributed by atoms with van der Waals surface area (Å²) in [6.45, 7) is 4.01. The average Bonchev–Trinajstić information content (AvgIpc) is 3.34. The summed E-state index contributed by atoms with van der Waals surface area (Å²) < 4.78 is 24.9. The number of rotatable bonds is 5. The summed E-state index contributed by atoms with van der Waals surface area (Å²) in [5.74, 6) is 0.987. The van der Waals surface area contributed by atoms with Gasteiger partial charge in [-0.2, -0.15) is 4.98 Å². The highest BCUT2D eigenvalue weighted by molar-refractivity contribution is 7.80. The minimum atomic E-state index is -0.365. The Kier molecular flexibility index (Phi) is 6.05. The molecule has 1 N–H and O–H groups in total. The second-order valence-corrected chi connectivity index (χ2v) is 8.65. The average molecular weight is 487 g/mol. The minimum absolute atomic E-state index is 0.309. The normalized spacial score (nSPS) is 15.8. The summed E-state index contributed by atoms with van der Waals surface area (Å²) in [6, 6.07) is 21.6. The second-order valence-electron chi connectivity index (χ2n) is 8.26. The van der Waals surface area contributed by atoms with Gasteiger partial charge in [-0.15, -0.1) is 0 Å². The lowest BCUT2D eigenvalue weighted by atomic mass is 9.94. The molecule has 0 aliphatic carbocycles. The summed E-state index contributed by atoms with van der Waals surface area (Å²) >= 11 is 5.80. The van der Waals surface area contributed by atoms with Gasteiger partial charge in [-0.3, -0.25) is 4.90 Å². The Bertz CT molecular complexity index is 1430. The van der Waals surface area contributed by atoms with Crippen LogP contribution in [0.5, 0.6) is 5.75 Å². The van der Waals surface area contributed by atoms with E-state index in [1.54, 1.807) is 19.2 Å². The van der Waals surface area contributed by atoms with Crippen molar-refractivity contribution in [2.75, 3.05) is 12.0 Å². The second kappa shape index (κ2) is 9.31. The van der Waals surface area contributed by atoms with Crippen molar-refractivity contribution in [3.05, 3.63) is 101 Å². The Balaban J connectivity index is 1.66. The summed E-state index contributed by atoms with van der Waals surface area (Å²) in [4.78, 5) is 6.56. The maximum atomic E-state index is 13.8. The van der Waals surface area contributed by atoms with Crippen LogP contribution in [0.15, 0.2) is 83.0 Å². The van der Waals surface area contributed by atoms with Gasteiger partial charge in [-0.25, -0.2) is 4.39 Å². The van der Waals surface area contributed by atoms with Crippen molar-refractivity contribution in [2.45, 2.75) is 19.9 Å². The molecule has 4 aromatic rings. The molecule has 6 nitrogen and oxygen atoms in total. The molecule has 8 heteroatoms. The molecule has 0 saturated carbocycles. The van der Waals surface area contributed by atoms with Crippen molar-refractivity contribution in [1.29, 1.82) is 0 Å². The van der Waals surface area contributed by atoms with Crippen LogP contribution in [0, 0.1) is 12.7 Å². The molecule has 176 valence electrons. The van der Waals surface area contributed by atoms with Gasteiger partial charge in [0.05, 0.1) is 24.4 Å². The van der Waals surface area contributed by atoms with Crippen molar-refractivity contribution >= 4 is 28.6 Å². The largest absolute Gasteiger partial charge is 0.497 e. The zero-order valence-corrected chi connectivity index (χ0v) is 20.3. The van der Waals surface area contributed by atoms with Gasteiger partial charge in [0.25, 0.3) is 5.89 Å². The van der Waals surface area contributed by atoms with Crippen molar-refractivity contribution in [3.8, 4) is 17.1 Å². The number of benzene rings is 3. The first-order valence-electron chi connectivity index (χ1n) is 11.1. The molecule has 1 aliphatic heterocycles. The fraction of sp³-hybridized carbons (Fsp3) is 0.148. The lowest BCUT2D eigenvalue weighted by Gasteiger charge is -2.37. The Hall–Kier alpha value is -4.04. The van der Waals surface area contributed by atoms with Gasteiger partial charge in [0.15, 0.2) is 5.11 Å². The molecule has 1 unspecified atom stereocenters. The molecular formula is C27H23FN4O2S. The number of halogens is 1. The van der Waals surface area contributed by atoms with E-state index in [2.05, 4.69) is 15.5 Å². The molecular weight excluding hydrogens is 463 g/mol. The van der Waals surface area contributed by atoms with Crippen LogP contribution in [0.25, 0.3) is 17.0 Å². The first-order valence-corrected chi connectivity index (χ1v) is 11.5. The zero-order valence-electron chi connectivity index (χ0n) is 19.4. The smallest absolute Gasteiger partial charge is 0.258 e. The number of aromatic nitrogens is 2. The van der Waals surface area contributed by atoms with Gasteiger partial charge in [0.1, 0.15) is 11.6 Å². The molecule has 1 atom stereocenters. The van der Waals surface area contributed by atoms with Gasteiger partial charge in [0, 0.05) is 17.3 Å². The first-order chi connectivity index (χ1) is 16.9. The molecule has 0 saturated heterocycles. The molecule has 3 aromatic carbocycles. The number of hydrogen-bond donors (Lipinski definition) is 1. The number of methoxy groups -OCH3 is 1. The zero-order chi connectivity index (χ0) is 24.5. The number of nitrogens with zero attached hydrogens (tertiary/aromatic N) is 3. The summed E-state index contributed by atoms with van der Waals surface area (Å²) in [6.07, 6.45) is 0. The third-order valence-electron chi connectivity index (χ3n) is 5.95. The van der Waals surface area contributed by atoms with Gasteiger partial charge >= 0.3 is 0 Å². The van der Waals surface area contributed by atoms with Gasteiger partial charge in [0.2, 0.25) is 5.82 Å². The summed E-state index contributed by atoms with van der Waals surface area (Å²) in [7, 11) is 1.62. The van der Waals surface area contributed by atoms with Gasteiger partial charge < -0.3 is 14.6 Å². The van der Waals surface area contributed by atoms with Crippen LogP contribution in [-0.4, -0.2) is 22.4 Å². The molecule has 35 heavy (non-hydrogen) atoms. The van der Waals surface area contributed by atoms with Crippen LogP contribution < -0.4 is 15.0 Å². The molecule has 0 bridgehead atoms. The van der Waals surface area contributed by atoms with E-state index in [1.807, 2.05) is 67.3 Å². The van der Waals surface area contributed by atoms with Crippen molar-refractivity contribution in [2.24, 2.45) is 0 Å². The highest BCUT2D eigenvalue weighted by Crippen LogP contribution is 2.39. The quantitative estimate of drug-likeness (QED) is 0.344. The molecule has 0 radical (unpaired) electrons. The topological polar surface area (TPSA) is 63.4 Å². The predicted octanol–water partition coefficient (Wildman–Crippen LogP) is 6.06. The number of nitrogens with one attached hydrogen (secondary N) is 1. The molecule has 1 aromatic heterocycles. The monoisotopic (exact) mass is 486 g/mol. The Morgan fingerprint density at radius 3 is 2.54 bits per heavy atom. The van der Waals surface area contributed by atoms with E-state index in [1.165, 1.54) is 12.1 Å². The highest BCUT2D eigenvalue weighted by Gasteiger charge is 2.35. The van der Waals surface area contributed by atoms with Crippen LogP contribution in [0.1, 0.15) is 30.0 Å². The Morgan fingerprint density at radius 1 is 1.03 bits per heavy atom. The van der Waals surface area contributed by atoms with E-state index in [-0.39, 0.29) is 11.9 Å². The van der Waals surface area contributed by atoms with E-state index in [4.69, 9.17) is 21.5 Å². The molecule has 1 aliphatic rings. The number of thiocarbonyl (C=S) groups is 1. The Labute approximate surface area is 208 Å². The van der Waals surface area contributed by atoms with Crippen molar-refractivity contribution in [1.82, 2.24) is 15.5 Å². The molecule has 2 heterocycles. The molecule has 0 amide bonds. The summed E-state index contributed by atoms with van der Waals surface area (Å²) in [5, 5.41) is 8.12. The lowest BCUT2D eigenvalue weighted by Crippen LogP contribution is -2.46. The number of aryl methyl sites for hydroxylation is 1. The van der Waals surface area contributed by atoms with Gasteiger partial charge in [-0.05, 0) is 55.9 Å². The Morgan fingerprint density at radius 2 is 1.80 bits per heavy atom. The van der Waals surface area contributed by atoms with E-state index in [0.717, 1.165) is 28.1 Å². The predicted molar refractivity (Wildman–Crippen MR) is 137 cm³/mol. The summed E-state index contributed by atoms with van der Waals surface area (Å²) in [5.41, 5.74) is 5.14. The fourth-order valence-corrected chi connectivity index (χ4v) is 4.53. The van der Waals surface area contributed by atoms with Crippen molar-refractivity contribution in [3.63, 3.8) is 0 Å². The van der Waals surface area contributed by atoms with Crippen LogP contribution in [-0.2, 0) is 0 Å². The minimum Gasteiger partial charge on any atom is -0.497 e. The van der Waals surface area contributed by atoms with E-state index >= 15 is 0 Å². The van der Waals surface area contributed by atoms with Gasteiger partial charge in [-0.1, -0.05) is 53.2 Å². The third kappa shape index (κ3) is 4.40. The maximum Gasteiger partial charge on any atom is 0.258 e. The van der Waals surface area contributed by atoms with E-state index in [0.29, 0.717) is 28.1 Å². The van der Waals surface area contributed by atoms with Crippen LogP contribution >= 0.6 is 12.2 Å². The first kappa shape index (κ1) is 22.7. The SMILES string of the molecule is COc1cccc(N2C(=S)NC(c3ccc(C)cc3)C(c3nc(-c4cccc(F)c4)no3)=C2C)c1. The maximum absolute atomic E-state index is 13.8. The van der Waals surface area contributed by atoms with Crippen LogP contribution in [0.2, 0.25) is 0 Å². The lowest BCUT2D eigenvalue weighted by molar-refractivity contribution is 0.404.